The first-order valence-electron chi connectivity index (χ1n) is 3.36. The number of nitriles is 1. The molecule has 5 nitrogen and oxygen atoms in total. The van der Waals surface area contributed by atoms with Crippen LogP contribution in [0.1, 0.15) is 0 Å². The van der Waals surface area contributed by atoms with Gasteiger partial charge in [-0.25, -0.2) is 0 Å². The fourth-order valence-electron chi connectivity index (χ4n) is 0.461. The van der Waals surface area contributed by atoms with E-state index >= 15 is 0 Å². The summed E-state index contributed by atoms with van der Waals surface area (Å²) < 4.78 is 34.6. The Morgan fingerprint density at radius 2 is 1.71 bits per heavy atom. The summed E-state index contributed by atoms with van der Waals surface area (Å²) in [6.07, 6.45) is -4.56. The lowest BCUT2D eigenvalue weighted by Gasteiger charge is -2.07. The molecule has 0 radical (unpaired) electrons. The van der Waals surface area contributed by atoms with Gasteiger partial charge in [-0.3, -0.25) is 9.59 Å². The number of nitrogens with one attached hydrogen (secondary N) is 2. The van der Waals surface area contributed by atoms with Gasteiger partial charge in [-0.15, -0.1) is 0 Å². The van der Waals surface area contributed by atoms with Crippen LogP contribution in [-0.2, 0) is 9.59 Å². The predicted molar refractivity (Wildman–Crippen MR) is 37.7 cm³/mol. The van der Waals surface area contributed by atoms with Crippen molar-refractivity contribution in [2.75, 3.05) is 13.1 Å². The number of amides is 2. The minimum atomic E-state index is -4.56. The second-order valence-corrected chi connectivity index (χ2v) is 2.14. The first-order valence-corrected chi connectivity index (χ1v) is 3.36. The van der Waals surface area contributed by atoms with Crippen molar-refractivity contribution in [2.45, 2.75) is 6.18 Å². The number of rotatable bonds is 2. The van der Waals surface area contributed by atoms with Gasteiger partial charge >= 0.3 is 18.0 Å². The monoisotopic (exact) mass is 209 g/mol. The molecule has 0 aromatic rings. The molecule has 0 aliphatic carbocycles. The highest BCUT2D eigenvalue weighted by Gasteiger charge is 2.28. The molecule has 78 valence electrons. The Hall–Kier alpha value is -1.78. The molecule has 0 aromatic heterocycles. The van der Waals surface area contributed by atoms with E-state index in [-0.39, 0.29) is 0 Å². The van der Waals surface area contributed by atoms with E-state index in [1.165, 1.54) is 11.4 Å². The highest BCUT2D eigenvalue weighted by atomic mass is 19.4. The second-order valence-electron chi connectivity index (χ2n) is 2.14. The van der Waals surface area contributed by atoms with Crippen molar-refractivity contribution < 1.29 is 22.8 Å². The summed E-state index contributed by atoms with van der Waals surface area (Å²) in [5.41, 5.74) is 0. The number of nitrogens with zero attached hydrogens (tertiary/aromatic N) is 1. The molecule has 0 unspecified atom stereocenters. The van der Waals surface area contributed by atoms with Gasteiger partial charge in [0.05, 0.1) is 6.07 Å². The molecule has 0 aromatic carbocycles. The van der Waals surface area contributed by atoms with Crippen molar-refractivity contribution in [2.24, 2.45) is 0 Å². The van der Waals surface area contributed by atoms with Crippen molar-refractivity contribution in [1.29, 1.82) is 5.26 Å². The molecular weight excluding hydrogens is 203 g/mol. The number of hydrogen-bond donors (Lipinski definition) is 2. The molecule has 0 fully saturated rings. The molecule has 0 heterocycles. The first-order chi connectivity index (χ1) is 6.37. The fraction of sp³-hybridized carbons (Fsp3) is 0.500. The average Bonchev–Trinajstić information content (AvgIpc) is 2.09. The Labute approximate surface area is 76.9 Å². The molecule has 0 bridgehead atoms. The van der Waals surface area contributed by atoms with Gasteiger partial charge in [0.1, 0.15) is 13.1 Å². The Kier molecular flexibility index (Phi) is 4.42. The van der Waals surface area contributed by atoms with Crippen molar-refractivity contribution in [3.63, 3.8) is 0 Å². The highest BCUT2D eigenvalue weighted by Crippen LogP contribution is 2.11. The van der Waals surface area contributed by atoms with E-state index in [0.717, 1.165) is 0 Å². The van der Waals surface area contributed by atoms with Gasteiger partial charge in [0.15, 0.2) is 0 Å². The van der Waals surface area contributed by atoms with Gasteiger partial charge in [-0.05, 0) is 0 Å². The molecule has 0 aliphatic heterocycles. The van der Waals surface area contributed by atoms with Crippen LogP contribution in [0.25, 0.3) is 0 Å². The van der Waals surface area contributed by atoms with E-state index in [1.807, 2.05) is 0 Å². The van der Waals surface area contributed by atoms with Crippen LogP contribution >= 0.6 is 0 Å². The Morgan fingerprint density at radius 1 is 1.21 bits per heavy atom. The average molecular weight is 209 g/mol. The number of carbonyl (C=O) groups excluding carboxylic acids is 2. The van der Waals surface area contributed by atoms with Gasteiger partial charge in [0.2, 0.25) is 0 Å². The largest absolute Gasteiger partial charge is 0.405 e. The summed E-state index contributed by atoms with van der Waals surface area (Å²) >= 11 is 0. The lowest BCUT2D eigenvalue weighted by Crippen LogP contribution is -2.43. The summed E-state index contributed by atoms with van der Waals surface area (Å²) in [5.74, 6) is -2.69. The zero-order chi connectivity index (χ0) is 11.2. The summed E-state index contributed by atoms with van der Waals surface area (Å²) in [6, 6.07) is 1.49. The Morgan fingerprint density at radius 3 is 2.14 bits per heavy atom. The van der Waals surface area contributed by atoms with Crippen LogP contribution in [-0.4, -0.2) is 31.1 Å². The molecule has 0 spiro atoms. The molecular formula is C6H6F3N3O2. The van der Waals surface area contributed by atoms with E-state index in [2.05, 4.69) is 0 Å². The van der Waals surface area contributed by atoms with Crippen LogP contribution in [0.3, 0.4) is 0 Å². The van der Waals surface area contributed by atoms with Gasteiger partial charge in [-0.1, -0.05) is 0 Å². The highest BCUT2D eigenvalue weighted by molar-refractivity contribution is 6.35. The van der Waals surface area contributed by atoms with Crippen molar-refractivity contribution in [3.05, 3.63) is 0 Å². The van der Waals surface area contributed by atoms with E-state index in [4.69, 9.17) is 5.26 Å². The molecule has 0 rings (SSSR count). The molecule has 0 atom stereocenters. The molecule has 0 aliphatic rings. The molecule has 8 heteroatoms. The van der Waals surface area contributed by atoms with Gasteiger partial charge < -0.3 is 10.6 Å². The van der Waals surface area contributed by atoms with Gasteiger partial charge in [0.25, 0.3) is 0 Å². The van der Waals surface area contributed by atoms with Crippen molar-refractivity contribution in [1.82, 2.24) is 10.6 Å². The maximum Gasteiger partial charge on any atom is 0.405 e. The standard InChI is InChI=1S/C6H6F3N3O2/c7-6(8,9)3-12-5(14)4(13)11-2-1-10/h2-3H2,(H,11,13)(H,12,14). The summed E-state index contributed by atoms with van der Waals surface area (Å²) in [6.45, 7) is -2.01. The lowest BCUT2D eigenvalue weighted by atomic mass is 10.5. The number of hydrogen-bond acceptors (Lipinski definition) is 3. The van der Waals surface area contributed by atoms with Crippen LogP contribution in [0.15, 0.2) is 0 Å². The number of halogens is 3. The van der Waals surface area contributed by atoms with Crippen LogP contribution < -0.4 is 10.6 Å². The number of carbonyl (C=O) groups is 2. The zero-order valence-corrected chi connectivity index (χ0v) is 6.81. The predicted octanol–water partition coefficient (Wildman–Crippen LogP) is -0.695. The van der Waals surface area contributed by atoms with Crippen LogP contribution in [0.2, 0.25) is 0 Å². The maximum atomic E-state index is 11.5. The second kappa shape index (κ2) is 5.06. The number of alkyl halides is 3. The fourth-order valence-corrected chi connectivity index (χ4v) is 0.461. The maximum absolute atomic E-state index is 11.5. The summed E-state index contributed by atoms with van der Waals surface area (Å²) in [4.78, 5) is 21.1. The van der Waals surface area contributed by atoms with Gasteiger partial charge in [-0.2, -0.15) is 18.4 Å². The molecule has 2 amide bonds. The van der Waals surface area contributed by atoms with E-state index in [0.29, 0.717) is 0 Å². The molecule has 2 N–H and O–H groups in total. The molecule has 0 saturated carbocycles. The quantitative estimate of drug-likeness (QED) is 0.466. The third-order valence-corrected chi connectivity index (χ3v) is 0.984. The smallest absolute Gasteiger partial charge is 0.339 e. The van der Waals surface area contributed by atoms with Gasteiger partial charge in [0, 0.05) is 0 Å². The third-order valence-electron chi connectivity index (χ3n) is 0.984. The minimum Gasteiger partial charge on any atom is -0.339 e. The SMILES string of the molecule is N#CCNC(=O)C(=O)NCC(F)(F)F. The third kappa shape index (κ3) is 5.82. The Bertz CT molecular complexity index is 268. The van der Waals surface area contributed by atoms with Crippen LogP contribution in [0, 0.1) is 11.3 Å². The summed E-state index contributed by atoms with van der Waals surface area (Å²) in [5, 5.41) is 11.1. The van der Waals surface area contributed by atoms with E-state index < -0.39 is 31.1 Å². The van der Waals surface area contributed by atoms with Crippen molar-refractivity contribution in [3.8, 4) is 6.07 Å². The van der Waals surface area contributed by atoms with Crippen LogP contribution in [0.4, 0.5) is 13.2 Å². The Balaban J connectivity index is 3.87. The van der Waals surface area contributed by atoms with E-state index in [1.54, 1.807) is 5.32 Å². The molecule has 14 heavy (non-hydrogen) atoms. The topological polar surface area (TPSA) is 82.0 Å². The summed E-state index contributed by atoms with van der Waals surface area (Å²) in [7, 11) is 0. The van der Waals surface area contributed by atoms with Crippen molar-refractivity contribution >= 4 is 11.8 Å². The zero-order valence-electron chi connectivity index (χ0n) is 6.81. The normalized spacial score (nSPS) is 10.1. The first kappa shape index (κ1) is 12.2. The molecule has 0 saturated heterocycles. The lowest BCUT2D eigenvalue weighted by molar-refractivity contribution is -0.146. The van der Waals surface area contributed by atoms with Crippen LogP contribution in [0.5, 0.6) is 0 Å². The van der Waals surface area contributed by atoms with E-state index in [9.17, 15) is 22.8 Å². The minimum absolute atomic E-state index is 0.432.